The Hall–Kier alpha value is -1.55. The summed E-state index contributed by atoms with van der Waals surface area (Å²) in [5.74, 6) is 0.799. The summed E-state index contributed by atoms with van der Waals surface area (Å²) in [6.45, 7) is 4.96. The van der Waals surface area contributed by atoms with Gasteiger partial charge in [-0.25, -0.2) is 0 Å². The van der Waals surface area contributed by atoms with Crippen LogP contribution in [-0.4, -0.2) is 25.1 Å². The molecule has 0 saturated carbocycles. The summed E-state index contributed by atoms with van der Waals surface area (Å²) in [5, 5.41) is 2.92. The van der Waals surface area contributed by atoms with Crippen molar-refractivity contribution in [2.75, 3.05) is 13.2 Å². The SMILES string of the molecule is CCCC(CN)NC(=O)CCOc1cccc(C)c1. The average Bonchev–Trinajstić information content (AvgIpc) is 2.38. The Bertz CT molecular complexity index is 393. The average molecular weight is 264 g/mol. The molecule has 4 nitrogen and oxygen atoms in total. The zero-order valence-electron chi connectivity index (χ0n) is 11.8. The van der Waals surface area contributed by atoms with Gasteiger partial charge in [0.25, 0.3) is 0 Å². The Morgan fingerprint density at radius 1 is 1.47 bits per heavy atom. The molecular weight excluding hydrogens is 240 g/mol. The van der Waals surface area contributed by atoms with Gasteiger partial charge in [-0.1, -0.05) is 25.5 Å². The van der Waals surface area contributed by atoms with Crippen molar-refractivity contribution in [3.8, 4) is 5.75 Å². The van der Waals surface area contributed by atoms with Gasteiger partial charge in [-0.15, -0.1) is 0 Å². The molecule has 19 heavy (non-hydrogen) atoms. The third-order valence-electron chi connectivity index (χ3n) is 2.87. The van der Waals surface area contributed by atoms with Crippen molar-refractivity contribution in [2.24, 2.45) is 5.73 Å². The maximum absolute atomic E-state index is 11.7. The number of hydrogen-bond donors (Lipinski definition) is 2. The van der Waals surface area contributed by atoms with E-state index >= 15 is 0 Å². The summed E-state index contributed by atoms with van der Waals surface area (Å²) in [6.07, 6.45) is 2.29. The lowest BCUT2D eigenvalue weighted by Crippen LogP contribution is -2.40. The zero-order chi connectivity index (χ0) is 14.1. The van der Waals surface area contributed by atoms with Crippen LogP contribution in [0.2, 0.25) is 0 Å². The Morgan fingerprint density at radius 2 is 2.26 bits per heavy atom. The molecule has 1 atom stereocenters. The molecule has 1 aromatic rings. The number of rotatable bonds is 8. The van der Waals surface area contributed by atoms with E-state index in [4.69, 9.17) is 10.5 Å². The summed E-state index contributed by atoms with van der Waals surface area (Å²) in [7, 11) is 0. The third kappa shape index (κ3) is 6.25. The number of benzene rings is 1. The second kappa shape index (κ2) is 8.53. The van der Waals surface area contributed by atoms with Crippen molar-refractivity contribution in [1.82, 2.24) is 5.32 Å². The van der Waals surface area contributed by atoms with Crippen LogP contribution >= 0.6 is 0 Å². The molecule has 1 amide bonds. The van der Waals surface area contributed by atoms with Crippen molar-refractivity contribution in [3.05, 3.63) is 29.8 Å². The standard InChI is InChI=1S/C15H24N2O2/c1-3-5-13(11-16)17-15(18)8-9-19-14-7-4-6-12(2)10-14/h4,6-7,10,13H,3,5,8-9,11,16H2,1-2H3,(H,17,18). The minimum Gasteiger partial charge on any atom is -0.493 e. The number of carbonyl (C=O) groups excluding carboxylic acids is 1. The van der Waals surface area contributed by atoms with Crippen LogP contribution in [0.25, 0.3) is 0 Å². The van der Waals surface area contributed by atoms with E-state index in [2.05, 4.69) is 12.2 Å². The molecule has 1 unspecified atom stereocenters. The molecule has 106 valence electrons. The number of nitrogens with two attached hydrogens (primary N) is 1. The van der Waals surface area contributed by atoms with Gasteiger partial charge in [-0.3, -0.25) is 4.79 Å². The molecule has 0 bridgehead atoms. The van der Waals surface area contributed by atoms with Crippen molar-refractivity contribution in [2.45, 2.75) is 39.2 Å². The van der Waals surface area contributed by atoms with E-state index in [9.17, 15) is 4.79 Å². The molecule has 0 aliphatic heterocycles. The normalized spacial score (nSPS) is 11.9. The van der Waals surface area contributed by atoms with Gasteiger partial charge < -0.3 is 15.8 Å². The van der Waals surface area contributed by atoms with Crippen LogP contribution in [0, 0.1) is 6.92 Å². The fourth-order valence-electron chi connectivity index (χ4n) is 1.86. The third-order valence-corrected chi connectivity index (χ3v) is 2.87. The topological polar surface area (TPSA) is 64.3 Å². The van der Waals surface area contributed by atoms with Crippen molar-refractivity contribution < 1.29 is 9.53 Å². The first-order valence-electron chi connectivity index (χ1n) is 6.84. The highest BCUT2D eigenvalue weighted by Gasteiger charge is 2.09. The van der Waals surface area contributed by atoms with E-state index in [0.29, 0.717) is 19.6 Å². The molecule has 0 heterocycles. The summed E-state index contributed by atoms with van der Waals surface area (Å²) < 4.78 is 5.54. The number of aryl methyl sites for hydroxylation is 1. The van der Waals surface area contributed by atoms with Gasteiger partial charge in [0.05, 0.1) is 13.0 Å². The van der Waals surface area contributed by atoms with Crippen LogP contribution in [-0.2, 0) is 4.79 Å². The Morgan fingerprint density at radius 3 is 2.89 bits per heavy atom. The van der Waals surface area contributed by atoms with E-state index in [1.54, 1.807) is 0 Å². The molecule has 1 rings (SSSR count). The van der Waals surface area contributed by atoms with E-state index < -0.39 is 0 Å². The van der Waals surface area contributed by atoms with Crippen LogP contribution in [0.4, 0.5) is 0 Å². The second-order valence-corrected chi connectivity index (χ2v) is 4.70. The molecule has 3 N–H and O–H groups in total. The molecule has 0 aliphatic carbocycles. The van der Waals surface area contributed by atoms with Crippen LogP contribution < -0.4 is 15.8 Å². The number of carbonyl (C=O) groups is 1. The van der Waals surface area contributed by atoms with Gasteiger partial charge in [0.15, 0.2) is 0 Å². The molecule has 0 saturated heterocycles. The predicted molar refractivity (Wildman–Crippen MR) is 77.2 cm³/mol. The van der Waals surface area contributed by atoms with Crippen LogP contribution in [0.5, 0.6) is 5.75 Å². The number of ether oxygens (including phenoxy) is 1. The molecule has 0 aromatic heterocycles. The lowest BCUT2D eigenvalue weighted by atomic mass is 10.1. The molecule has 0 radical (unpaired) electrons. The maximum atomic E-state index is 11.7. The van der Waals surface area contributed by atoms with Gasteiger partial charge in [0, 0.05) is 12.6 Å². The molecule has 0 aliphatic rings. The fraction of sp³-hybridized carbons (Fsp3) is 0.533. The first kappa shape index (κ1) is 15.5. The first-order valence-corrected chi connectivity index (χ1v) is 6.84. The van der Waals surface area contributed by atoms with Gasteiger partial charge in [-0.05, 0) is 31.0 Å². The Kier molecular flexibility index (Phi) is 6.97. The summed E-state index contributed by atoms with van der Waals surface area (Å²) in [4.78, 5) is 11.7. The monoisotopic (exact) mass is 264 g/mol. The highest BCUT2D eigenvalue weighted by atomic mass is 16.5. The summed E-state index contributed by atoms with van der Waals surface area (Å²) in [5.41, 5.74) is 6.74. The van der Waals surface area contributed by atoms with Gasteiger partial charge in [-0.2, -0.15) is 0 Å². The minimum atomic E-state index is -0.00319. The van der Waals surface area contributed by atoms with Crippen molar-refractivity contribution >= 4 is 5.91 Å². The second-order valence-electron chi connectivity index (χ2n) is 4.70. The smallest absolute Gasteiger partial charge is 0.223 e. The number of amides is 1. The van der Waals surface area contributed by atoms with Gasteiger partial charge in [0.2, 0.25) is 5.91 Å². The van der Waals surface area contributed by atoms with Crippen LogP contribution in [0.3, 0.4) is 0 Å². The summed E-state index contributed by atoms with van der Waals surface area (Å²) in [6, 6.07) is 7.88. The van der Waals surface area contributed by atoms with E-state index in [1.807, 2.05) is 31.2 Å². The van der Waals surface area contributed by atoms with Crippen LogP contribution in [0.15, 0.2) is 24.3 Å². The Balaban J connectivity index is 2.27. The minimum absolute atomic E-state index is 0.00319. The van der Waals surface area contributed by atoms with Crippen molar-refractivity contribution in [1.29, 1.82) is 0 Å². The molecule has 0 fully saturated rings. The molecule has 1 aromatic carbocycles. The molecule has 0 spiro atoms. The fourth-order valence-corrected chi connectivity index (χ4v) is 1.86. The van der Waals surface area contributed by atoms with E-state index in [1.165, 1.54) is 0 Å². The predicted octanol–water partition coefficient (Wildman–Crippen LogP) is 2.01. The lowest BCUT2D eigenvalue weighted by molar-refractivity contribution is -0.122. The zero-order valence-corrected chi connectivity index (χ0v) is 11.8. The Labute approximate surface area is 115 Å². The van der Waals surface area contributed by atoms with Gasteiger partial charge >= 0.3 is 0 Å². The highest BCUT2D eigenvalue weighted by Crippen LogP contribution is 2.12. The van der Waals surface area contributed by atoms with Gasteiger partial charge in [0.1, 0.15) is 5.75 Å². The molecular formula is C15H24N2O2. The number of hydrogen-bond acceptors (Lipinski definition) is 3. The molecule has 4 heteroatoms. The van der Waals surface area contributed by atoms with Crippen molar-refractivity contribution in [3.63, 3.8) is 0 Å². The highest BCUT2D eigenvalue weighted by molar-refractivity contribution is 5.76. The maximum Gasteiger partial charge on any atom is 0.223 e. The van der Waals surface area contributed by atoms with E-state index in [0.717, 1.165) is 24.2 Å². The quantitative estimate of drug-likeness (QED) is 0.755. The van der Waals surface area contributed by atoms with Crippen LogP contribution in [0.1, 0.15) is 31.7 Å². The first-order chi connectivity index (χ1) is 9.15. The summed E-state index contributed by atoms with van der Waals surface area (Å²) >= 11 is 0. The largest absolute Gasteiger partial charge is 0.493 e. The van der Waals surface area contributed by atoms with E-state index in [-0.39, 0.29) is 11.9 Å². The lowest BCUT2D eigenvalue weighted by Gasteiger charge is -2.16. The number of nitrogens with one attached hydrogen (secondary N) is 1.